The van der Waals surface area contributed by atoms with E-state index < -0.39 is 5.91 Å². The summed E-state index contributed by atoms with van der Waals surface area (Å²) in [5.74, 6) is 1.15. The average Bonchev–Trinajstić information content (AvgIpc) is 3.01. The summed E-state index contributed by atoms with van der Waals surface area (Å²) in [4.78, 5) is 43.7. The van der Waals surface area contributed by atoms with Gasteiger partial charge in [-0.15, -0.1) is 0 Å². The highest BCUT2D eigenvalue weighted by Crippen LogP contribution is 2.27. The number of hydrogen-bond acceptors (Lipinski definition) is 12. The Morgan fingerprint density at radius 2 is 1.41 bits per heavy atom. The highest BCUT2D eigenvalue weighted by Gasteiger charge is 2.30. The van der Waals surface area contributed by atoms with Crippen molar-refractivity contribution in [2.75, 3.05) is 59.7 Å². The number of amides is 1. The van der Waals surface area contributed by atoms with Crippen LogP contribution in [0.15, 0.2) is 48.5 Å². The molecule has 13 nitrogen and oxygen atoms in total. The van der Waals surface area contributed by atoms with E-state index in [1.165, 1.54) is 0 Å². The molecule has 3 heterocycles. The molecule has 5 rings (SSSR count). The number of hydrogen-bond donors (Lipinski definition) is 6. The highest BCUT2D eigenvalue weighted by molar-refractivity contribution is 6.33. The fraction of sp³-hybridized carbons (Fsp3) is 0.433. The number of halogens is 1. The number of anilines is 5. The SMILES string of the molecule is NC[C@@H]1C[C@H](CN)CN(c2nc(Nc3ccc(C(=O)CC(=O)Nc4ccccc4Cl)cc3)nc(N3C[C@H](N)C[C@H](N)C3)n2)C1. The van der Waals surface area contributed by atoms with E-state index in [1.54, 1.807) is 48.5 Å². The van der Waals surface area contributed by atoms with E-state index in [4.69, 9.17) is 49.5 Å². The van der Waals surface area contributed by atoms with E-state index in [9.17, 15) is 9.59 Å². The highest BCUT2D eigenvalue weighted by atomic mass is 35.5. The van der Waals surface area contributed by atoms with Crippen LogP contribution in [0, 0.1) is 11.8 Å². The fourth-order valence-corrected chi connectivity index (χ4v) is 5.91. The number of rotatable bonds is 10. The van der Waals surface area contributed by atoms with E-state index in [1.807, 2.05) is 4.90 Å². The normalized spacial score (nSPS) is 22.0. The monoisotopic (exact) mass is 621 g/mol. The van der Waals surface area contributed by atoms with E-state index in [2.05, 4.69) is 15.5 Å². The fourth-order valence-electron chi connectivity index (χ4n) is 5.73. The minimum absolute atomic E-state index is 0.0922. The number of ketones is 1. The number of nitrogens with two attached hydrogens (primary N) is 4. The van der Waals surface area contributed by atoms with Gasteiger partial charge < -0.3 is 43.4 Å². The van der Waals surface area contributed by atoms with Gasteiger partial charge in [-0.25, -0.2) is 0 Å². The zero-order chi connectivity index (χ0) is 31.2. The summed E-state index contributed by atoms with van der Waals surface area (Å²) in [6.07, 6.45) is 1.38. The first kappa shape index (κ1) is 31.5. The molecular weight excluding hydrogens is 582 g/mol. The van der Waals surface area contributed by atoms with Crippen LogP contribution in [0.3, 0.4) is 0 Å². The number of nitrogens with zero attached hydrogens (tertiary/aromatic N) is 5. The molecule has 2 aliphatic heterocycles. The Bertz CT molecular complexity index is 1440. The van der Waals surface area contributed by atoms with Crippen molar-refractivity contribution in [3.8, 4) is 0 Å². The van der Waals surface area contributed by atoms with Gasteiger partial charge in [-0.1, -0.05) is 23.7 Å². The molecule has 1 aromatic heterocycles. The van der Waals surface area contributed by atoms with Gasteiger partial charge in [0.1, 0.15) is 0 Å². The van der Waals surface area contributed by atoms with Gasteiger partial charge in [-0.3, -0.25) is 9.59 Å². The summed E-state index contributed by atoms with van der Waals surface area (Å²) >= 11 is 6.11. The molecule has 10 N–H and O–H groups in total. The Morgan fingerprint density at radius 1 is 0.818 bits per heavy atom. The summed E-state index contributed by atoms with van der Waals surface area (Å²) in [6.45, 7) is 3.70. The lowest BCUT2D eigenvalue weighted by molar-refractivity contribution is -0.115. The minimum Gasteiger partial charge on any atom is -0.340 e. The molecule has 0 radical (unpaired) electrons. The van der Waals surface area contributed by atoms with Crippen LogP contribution in [-0.4, -0.2) is 78.0 Å². The van der Waals surface area contributed by atoms with Crippen LogP contribution < -0.4 is 43.4 Å². The zero-order valence-electron chi connectivity index (χ0n) is 24.5. The Hall–Kier alpha value is -3.88. The second kappa shape index (κ2) is 14.3. The third-order valence-corrected chi connectivity index (χ3v) is 8.24. The van der Waals surface area contributed by atoms with Crippen LogP contribution in [0.2, 0.25) is 5.02 Å². The van der Waals surface area contributed by atoms with Gasteiger partial charge in [0.25, 0.3) is 0 Å². The van der Waals surface area contributed by atoms with Crippen molar-refractivity contribution in [1.29, 1.82) is 0 Å². The van der Waals surface area contributed by atoms with Crippen LogP contribution in [0.4, 0.5) is 29.2 Å². The predicted molar refractivity (Wildman–Crippen MR) is 173 cm³/mol. The summed E-state index contributed by atoms with van der Waals surface area (Å²) in [5, 5.41) is 6.32. The first-order valence-electron chi connectivity index (χ1n) is 14.8. The molecule has 0 bridgehead atoms. The van der Waals surface area contributed by atoms with Gasteiger partial charge in [0, 0.05) is 49.5 Å². The first-order chi connectivity index (χ1) is 21.2. The summed E-state index contributed by atoms with van der Waals surface area (Å²) < 4.78 is 0. The van der Waals surface area contributed by atoms with Crippen molar-refractivity contribution in [1.82, 2.24) is 15.0 Å². The standard InChI is InChI=1S/C30H40ClN11O2/c31-24-3-1-2-4-25(24)37-27(44)11-26(43)20-5-7-23(8-6-20)36-28-38-29(41-14-18(12-32)9-19(13-33)15-41)40-30(39-28)42-16-21(34)10-22(35)17-42/h1-8,18-19,21-22H,9-17,32-35H2,(H,37,44)(H,36,38,39,40)/t18-,19+,21-,22+. The molecule has 2 aliphatic rings. The van der Waals surface area contributed by atoms with Crippen LogP contribution in [0.5, 0.6) is 0 Å². The van der Waals surface area contributed by atoms with Gasteiger partial charge in [0.15, 0.2) is 5.78 Å². The van der Waals surface area contributed by atoms with Crippen molar-refractivity contribution < 1.29 is 9.59 Å². The van der Waals surface area contributed by atoms with Crippen LogP contribution >= 0.6 is 11.6 Å². The predicted octanol–water partition coefficient (Wildman–Crippen LogP) is 1.70. The van der Waals surface area contributed by atoms with Crippen molar-refractivity contribution in [2.45, 2.75) is 31.3 Å². The Balaban J connectivity index is 1.33. The summed E-state index contributed by atoms with van der Waals surface area (Å²) in [5.41, 5.74) is 26.2. The third kappa shape index (κ3) is 7.98. The third-order valence-electron chi connectivity index (χ3n) is 7.92. The Labute approximate surface area is 261 Å². The molecule has 0 unspecified atom stereocenters. The molecular formula is C30H40ClN11O2. The van der Waals surface area contributed by atoms with E-state index >= 15 is 0 Å². The van der Waals surface area contributed by atoms with Crippen molar-refractivity contribution in [2.24, 2.45) is 34.8 Å². The number of nitrogens with one attached hydrogen (secondary N) is 2. The minimum atomic E-state index is -0.445. The molecule has 2 saturated heterocycles. The molecule has 2 aromatic carbocycles. The lowest BCUT2D eigenvalue weighted by Crippen LogP contribution is -2.53. The topological polar surface area (TPSA) is 207 Å². The number of piperidine rings is 2. The zero-order valence-corrected chi connectivity index (χ0v) is 25.3. The van der Waals surface area contributed by atoms with Crippen molar-refractivity contribution in [3.63, 3.8) is 0 Å². The van der Waals surface area contributed by atoms with E-state index in [0.717, 1.165) is 25.9 Å². The van der Waals surface area contributed by atoms with Crippen LogP contribution in [0.25, 0.3) is 0 Å². The molecule has 0 aliphatic carbocycles. The van der Waals surface area contributed by atoms with Crippen molar-refractivity contribution >= 4 is 52.5 Å². The maximum Gasteiger partial charge on any atom is 0.233 e. The molecule has 1 amide bonds. The number of para-hydroxylation sites is 1. The van der Waals surface area contributed by atoms with Crippen molar-refractivity contribution in [3.05, 3.63) is 59.1 Å². The van der Waals surface area contributed by atoms with Gasteiger partial charge in [-0.05, 0) is 74.2 Å². The largest absolute Gasteiger partial charge is 0.340 e. The van der Waals surface area contributed by atoms with E-state index in [0.29, 0.717) is 66.0 Å². The number of benzene rings is 2. The molecule has 14 heteroatoms. The maximum atomic E-state index is 12.8. The lowest BCUT2D eigenvalue weighted by atomic mass is 9.89. The smallest absolute Gasteiger partial charge is 0.233 e. The molecule has 0 saturated carbocycles. The van der Waals surface area contributed by atoms with Gasteiger partial charge in [-0.2, -0.15) is 15.0 Å². The van der Waals surface area contributed by atoms with Crippen LogP contribution in [0.1, 0.15) is 29.6 Å². The van der Waals surface area contributed by atoms with Gasteiger partial charge in [0.2, 0.25) is 23.8 Å². The Kier molecular flexibility index (Phi) is 10.2. The second-order valence-electron chi connectivity index (χ2n) is 11.6. The molecule has 44 heavy (non-hydrogen) atoms. The summed E-state index contributed by atoms with van der Waals surface area (Å²) in [7, 11) is 0. The number of carbonyl (C=O) groups is 2. The molecule has 3 aromatic rings. The molecule has 2 fully saturated rings. The van der Waals surface area contributed by atoms with E-state index in [-0.39, 0.29) is 36.1 Å². The molecule has 4 atom stereocenters. The molecule has 234 valence electrons. The average molecular weight is 622 g/mol. The number of Topliss-reactive ketones (excluding diaryl/α,β-unsaturated/α-hetero) is 1. The number of aromatic nitrogens is 3. The quantitative estimate of drug-likeness (QED) is 0.141. The van der Waals surface area contributed by atoms with Gasteiger partial charge >= 0.3 is 0 Å². The van der Waals surface area contributed by atoms with Gasteiger partial charge in [0.05, 0.1) is 17.1 Å². The maximum absolute atomic E-state index is 12.8. The first-order valence-corrected chi connectivity index (χ1v) is 15.2. The second-order valence-corrected chi connectivity index (χ2v) is 12.0. The summed E-state index contributed by atoms with van der Waals surface area (Å²) in [6, 6.07) is 13.5. The Morgan fingerprint density at radius 3 is 2.00 bits per heavy atom. The molecule has 0 spiro atoms. The van der Waals surface area contributed by atoms with Crippen LogP contribution in [-0.2, 0) is 4.79 Å². The lowest BCUT2D eigenvalue weighted by Gasteiger charge is -2.38. The number of carbonyl (C=O) groups excluding carboxylic acids is 2.